The third kappa shape index (κ3) is 4.24. The van der Waals surface area contributed by atoms with Gasteiger partial charge in [-0.1, -0.05) is 20.8 Å². The van der Waals surface area contributed by atoms with Crippen molar-refractivity contribution < 1.29 is 0 Å². The quantitative estimate of drug-likeness (QED) is 0.882. The van der Waals surface area contributed by atoms with Gasteiger partial charge in [-0.25, -0.2) is 9.97 Å². The van der Waals surface area contributed by atoms with E-state index in [0.29, 0.717) is 11.8 Å². The number of hydrogen-bond donors (Lipinski definition) is 1. The van der Waals surface area contributed by atoms with Crippen LogP contribution in [0.3, 0.4) is 0 Å². The third-order valence-electron chi connectivity index (χ3n) is 2.68. The Morgan fingerprint density at radius 3 is 2.68 bits per heavy atom. The molecule has 6 heteroatoms. The lowest BCUT2D eigenvalue weighted by molar-refractivity contribution is 0.627. The van der Waals surface area contributed by atoms with Gasteiger partial charge in [0.2, 0.25) is 5.13 Å². The van der Waals surface area contributed by atoms with Gasteiger partial charge in [-0.15, -0.1) is 11.3 Å². The Kier molecular flexibility index (Phi) is 4.87. The first-order valence-corrected chi connectivity index (χ1v) is 8.18. The molecule has 19 heavy (non-hydrogen) atoms. The second-order valence-corrected chi connectivity index (χ2v) is 6.86. The molecule has 0 fully saturated rings. The van der Waals surface area contributed by atoms with Crippen molar-refractivity contribution in [3.8, 4) is 0 Å². The average molecular weight is 296 g/mol. The summed E-state index contributed by atoms with van der Waals surface area (Å²) in [7, 11) is 0. The van der Waals surface area contributed by atoms with Crippen LogP contribution in [-0.2, 0) is 6.42 Å². The lowest BCUT2D eigenvalue weighted by Gasteiger charge is -2.08. The SMILES string of the molecule is Cc1csc(C(C)CNc2nc(CC(C)C)ns2)n1. The minimum Gasteiger partial charge on any atom is -0.360 e. The molecule has 1 N–H and O–H groups in total. The summed E-state index contributed by atoms with van der Waals surface area (Å²) in [5, 5.41) is 7.54. The van der Waals surface area contributed by atoms with Crippen molar-refractivity contribution in [1.82, 2.24) is 14.3 Å². The van der Waals surface area contributed by atoms with Crippen LogP contribution in [0.2, 0.25) is 0 Å². The van der Waals surface area contributed by atoms with Crippen LogP contribution < -0.4 is 5.32 Å². The predicted octanol–water partition coefficient (Wildman–Crippen LogP) is 3.72. The molecule has 104 valence electrons. The fourth-order valence-corrected chi connectivity index (χ4v) is 3.16. The maximum atomic E-state index is 4.51. The maximum Gasteiger partial charge on any atom is 0.202 e. The monoisotopic (exact) mass is 296 g/mol. The van der Waals surface area contributed by atoms with E-state index in [1.54, 1.807) is 11.3 Å². The van der Waals surface area contributed by atoms with Gasteiger partial charge >= 0.3 is 0 Å². The van der Waals surface area contributed by atoms with Gasteiger partial charge in [0, 0.05) is 41.5 Å². The summed E-state index contributed by atoms with van der Waals surface area (Å²) in [5.74, 6) is 1.94. The maximum absolute atomic E-state index is 4.51. The van der Waals surface area contributed by atoms with E-state index in [9.17, 15) is 0 Å². The molecule has 0 aliphatic heterocycles. The van der Waals surface area contributed by atoms with E-state index < -0.39 is 0 Å². The number of aryl methyl sites for hydroxylation is 1. The van der Waals surface area contributed by atoms with E-state index in [1.807, 2.05) is 6.92 Å². The van der Waals surface area contributed by atoms with E-state index in [1.165, 1.54) is 16.5 Å². The molecule has 0 saturated heterocycles. The molecule has 0 amide bonds. The number of aromatic nitrogens is 3. The largest absolute Gasteiger partial charge is 0.360 e. The van der Waals surface area contributed by atoms with Crippen molar-refractivity contribution in [2.24, 2.45) is 5.92 Å². The van der Waals surface area contributed by atoms with Gasteiger partial charge in [0.25, 0.3) is 0 Å². The van der Waals surface area contributed by atoms with Gasteiger partial charge in [-0.3, -0.25) is 0 Å². The Morgan fingerprint density at radius 1 is 1.26 bits per heavy atom. The third-order valence-corrected chi connectivity index (χ3v) is 4.58. The summed E-state index contributed by atoms with van der Waals surface area (Å²) < 4.78 is 4.37. The van der Waals surface area contributed by atoms with Crippen molar-refractivity contribution in [1.29, 1.82) is 0 Å². The highest BCUT2D eigenvalue weighted by atomic mass is 32.1. The molecule has 2 aromatic heterocycles. The van der Waals surface area contributed by atoms with Crippen LogP contribution in [0.15, 0.2) is 5.38 Å². The highest BCUT2D eigenvalue weighted by Gasteiger charge is 2.11. The fourth-order valence-electron chi connectivity index (χ4n) is 1.70. The molecule has 0 spiro atoms. The first kappa shape index (κ1) is 14.4. The molecule has 2 aromatic rings. The van der Waals surface area contributed by atoms with Crippen molar-refractivity contribution in [2.45, 2.75) is 40.0 Å². The number of thiazole rings is 1. The molecule has 0 bridgehead atoms. The minimum absolute atomic E-state index is 0.399. The van der Waals surface area contributed by atoms with E-state index in [4.69, 9.17) is 0 Å². The number of anilines is 1. The standard InChI is InChI=1S/C13H20N4S2/c1-8(2)5-11-16-13(19-17-11)14-6-9(3)12-15-10(4)7-18-12/h7-9H,5-6H2,1-4H3,(H,14,16,17). The van der Waals surface area contributed by atoms with E-state index in [0.717, 1.165) is 29.6 Å². The molecular weight excluding hydrogens is 276 g/mol. The van der Waals surface area contributed by atoms with Crippen LogP contribution in [0.4, 0.5) is 5.13 Å². The molecule has 0 radical (unpaired) electrons. The zero-order valence-corrected chi connectivity index (χ0v) is 13.4. The predicted molar refractivity (Wildman–Crippen MR) is 82.2 cm³/mol. The molecular formula is C13H20N4S2. The van der Waals surface area contributed by atoms with Gasteiger partial charge in [0.15, 0.2) is 0 Å². The Labute approximate surface area is 122 Å². The summed E-state index contributed by atoms with van der Waals surface area (Å²) in [6.07, 6.45) is 0.944. The first-order chi connectivity index (χ1) is 9.04. The molecule has 1 atom stereocenters. The summed E-state index contributed by atoms with van der Waals surface area (Å²) in [5.41, 5.74) is 1.10. The molecule has 1 unspecified atom stereocenters. The van der Waals surface area contributed by atoms with Crippen LogP contribution in [0.5, 0.6) is 0 Å². The van der Waals surface area contributed by atoms with Crippen molar-refractivity contribution in [3.05, 3.63) is 21.9 Å². The average Bonchev–Trinajstić information content (AvgIpc) is 2.94. The molecule has 2 rings (SSSR count). The van der Waals surface area contributed by atoms with Gasteiger partial charge in [0.1, 0.15) is 5.82 Å². The summed E-state index contributed by atoms with van der Waals surface area (Å²) in [6, 6.07) is 0. The van der Waals surface area contributed by atoms with Crippen LogP contribution in [0.25, 0.3) is 0 Å². The summed E-state index contributed by atoms with van der Waals surface area (Å²) in [6.45, 7) is 9.43. The summed E-state index contributed by atoms with van der Waals surface area (Å²) in [4.78, 5) is 9.01. The van der Waals surface area contributed by atoms with Gasteiger partial charge < -0.3 is 5.32 Å². The van der Waals surface area contributed by atoms with E-state index in [2.05, 4.69) is 45.8 Å². The number of rotatable bonds is 6. The molecule has 0 aliphatic carbocycles. The minimum atomic E-state index is 0.399. The van der Waals surface area contributed by atoms with Crippen molar-refractivity contribution in [2.75, 3.05) is 11.9 Å². The Morgan fingerprint density at radius 2 is 2.05 bits per heavy atom. The van der Waals surface area contributed by atoms with Crippen molar-refractivity contribution >= 4 is 28.0 Å². The molecule has 0 aliphatic rings. The molecule has 0 aromatic carbocycles. The number of hydrogen-bond acceptors (Lipinski definition) is 6. The normalized spacial score (nSPS) is 12.9. The van der Waals surface area contributed by atoms with Crippen LogP contribution >= 0.6 is 22.9 Å². The van der Waals surface area contributed by atoms with Gasteiger partial charge in [0.05, 0.1) is 5.01 Å². The Bertz CT molecular complexity index is 518. The lowest BCUT2D eigenvalue weighted by Crippen LogP contribution is -2.09. The second kappa shape index (κ2) is 6.43. The zero-order chi connectivity index (χ0) is 13.8. The number of nitrogens with one attached hydrogen (secondary N) is 1. The van der Waals surface area contributed by atoms with Crippen molar-refractivity contribution in [3.63, 3.8) is 0 Å². The van der Waals surface area contributed by atoms with E-state index in [-0.39, 0.29) is 0 Å². The molecule has 2 heterocycles. The second-order valence-electron chi connectivity index (χ2n) is 5.22. The topological polar surface area (TPSA) is 50.7 Å². The van der Waals surface area contributed by atoms with Crippen LogP contribution in [-0.4, -0.2) is 20.9 Å². The van der Waals surface area contributed by atoms with Crippen LogP contribution in [0, 0.1) is 12.8 Å². The zero-order valence-electron chi connectivity index (χ0n) is 11.8. The number of nitrogens with zero attached hydrogens (tertiary/aromatic N) is 3. The Hall–Kier alpha value is -1.01. The fraction of sp³-hybridized carbons (Fsp3) is 0.615. The highest BCUT2D eigenvalue weighted by Crippen LogP contribution is 2.21. The lowest BCUT2D eigenvalue weighted by atomic mass is 10.1. The molecule has 0 saturated carbocycles. The van der Waals surface area contributed by atoms with Crippen LogP contribution in [0.1, 0.15) is 43.2 Å². The Balaban J connectivity index is 1.86. The summed E-state index contributed by atoms with van der Waals surface area (Å²) >= 11 is 3.17. The first-order valence-electron chi connectivity index (χ1n) is 6.53. The molecule has 4 nitrogen and oxygen atoms in total. The van der Waals surface area contributed by atoms with E-state index >= 15 is 0 Å². The smallest absolute Gasteiger partial charge is 0.202 e. The highest BCUT2D eigenvalue weighted by molar-refractivity contribution is 7.10. The van der Waals surface area contributed by atoms with Gasteiger partial charge in [-0.05, 0) is 12.8 Å². The van der Waals surface area contributed by atoms with Gasteiger partial charge in [-0.2, -0.15) is 4.37 Å².